The van der Waals surface area contributed by atoms with Gasteiger partial charge in [0.2, 0.25) is 0 Å². The van der Waals surface area contributed by atoms with E-state index in [0.717, 1.165) is 16.9 Å². The van der Waals surface area contributed by atoms with Crippen LogP contribution in [-0.2, 0) is 0 Å². The molecule has 2 unspecified atom stereocenters. The van der Waals surface area contributed by atoms with Gasteiger partial charge in [-0.05, 0) is 37.0 Å². The maximum absolute atomic E-state index is 10.5. The average molecular weight is 270 g/mol. The van der Waals surface area contributed by atoms with Gasteiger partial charge in [-0.1, -0.05) is 48.9 Å². The van der Waals surface area contributed by atoms with Crippen molar-refractivity contribution in [3.05, 3.63) is 65.2 Å². The maximum Gasteiger partial charge on any atom is 0.124 e. The van der Waals surface area contributed by atoms with Gasteiger partial charge < -0.3 is 9.84 Å². The summed E-state index contributed by atoms with van der Waals surface area (Å²) in [5.74, 6) is 1.06. The molecular formula is C18H22O2. The first-order valence-electron chi connectivity index (χ1n) is 6.99. The lowest BCUT2D eigenvalue weighted by molar-refractivity contribution is 0.155. The lowest BCUT2D eigenvalue weighted by atomic mass is 9.91. The van der Waals surface area contributed by atoms with E-state index in [1.54, 1.807) is 7.11 Å². The second-order valence-corrected chi connectivity index (χ2v) is 5.31. The second kappa shape index (κ2) is 6.58. The lowest BCUT2D eigenvalue weighted by Gasteiger charge is -2.19. The lowest BCUT2D eigenvalue weighted by Crippen LogP contribution is -2.05. The van der Waals surface area contributed by atoms with Crippen LogP contribution in [0.4, 0.5) is 0 Å². The van der Waals surface area contributed by atoms with Gasteiger partial charge in [-0.2, -0.15) is 0 Å². The number of rotatable bonds is 5. The van der Waals surface area contributed by atoms with Gasteiger partial charge >= 0.3 is 0 Å². The molecule has 0 saturated carbocycles. The third-order valence-corrected chi connectivity index (χ3v) is 3.69. The van der Waals surface area contributed by atoms with Crippen LogP contribution in [0.25, 0.3) is 0 Å². The number of aryl methyl sites for hydroxylation is 1. The molecule has 0 radical (unpaired) electrons. The van der Waals surface area contributed by atoms with Crippen LogP contribution in [0.2, 0.25) is 0 Å². The summed E-state index contributed by atoms with van der Waals surface area (Å²) < 4.78 is 5.35. The molecule has 0 bridgehead atoms. The van der Waals surface area contributed by atoms with Crippen molar-refractivity contribution < 1.29 is 9.84 Å². The minimum absolute atomic E-state index is 0.302. The van der Waals surface area contributed by atoms with E-state index < -0.39 is 6.10 Å². The fraction of sp³-hybridized carbons (Fsp3) is 0.333. The molecule has 0 amide bonds. The molecule has 0 aliphatic rings. The second-order valence-electron chi connectivity index (χ2n) is 5.31. The normalized spacial score (nSPS) is 13.8. The van der Waals surface area contributed by atoms with Crippen LogP contribution < -0.4 is 4.74 Å². The van der Waals surface area contributed by atoms with Gasteiger partial charge in [0.15, 0.2) is 0 Å². The highest BCUT2D eigenvalue weighted by Gasteiger charge is 2.17. The quantitative estimate of drug-likeness (QED) is 0.881. The third kappa shape index (κ3) is 3.40. The molecule has 2 aromatic carbocycles. The van der Waals surface area contributed by atoms with E-state index in [1.165, 1.54) is 5.56 Å². The van der Waals surface area contributed by atoms with Crippen molar-refractivity contribution in [1.29, 1.82) is 0 Å². The topological polar surface area (TPSA) is 29.5 Å². The van der Waals surface area contributed by atoms with E-state index >= 15 is 0 Å². The van der Waals surface area contributed by atoms with Crippen molar-refractivity contribution in [2.24, 2.45) is 0 Å². The summed E-state index contributed by atoms with van der Waals surface area (Å²) >= 11 is 0. The van der Waals surface area contributed by atoms with Crippen LogP contribution in [0.1, 0.15) is 42.1 Å². The molecule has 1 N–H and O–H groups in total. The van der Waals surface area contributed by atoms with Crippen molar-refractivity contribution >= 4 is 0 Å². The Bertz CT molecular complexity index is 549. The van der Waals surface area contributed by atoms with Crippen molar-refractivity contribution in [1.82, 2.24) is 0 Å². The van der Waals surface area contributed by atoms with Gasteiger partial charge in [0, 0.05) is 5.56 Å². The fourth-order valence-corrected chi connectivity index (χ4v) is 2.49. The number of hydrogen-bond donors (Lipinski definition) is 1. The van der Waals surface area contributed by atoms with Crippen molar-refractivity contribution in [2.75, 3.05) is 7.11 Å². The SMILES string of the molecule is COc1ccc(C)cc1C(O)CC(C)c1ccccc1. The molecule has 2 atom stereocenters. The van der Waals surface area contributed by atoms with Crippen molar-refractivity contribution in [2.45, 2.75) is 32.3 Å². The molecule has 0 saturated heterocycles. The summed E-state index contributed by atoms with van der Waals surface area (Å²) in [5, 5.41) is 10.5. The van der Waals surface area contributed by atoms with Gasteiger partial charge in [0.05, 0.1) is 13.2 Å². The van der Waals surface area contributed by atoms with Gasteiger partial charge in [0.25, 0.3) is 0 Å². The molecule has 0 fully saturated rings. The fourth-order valence-electron chi connectivity index (χ4n) is 2.49. The highest BCUT2D eigenvalue weighted by molar-refractivity contribution is 5.38. The monoisotopic (exact) mass is 270 g/mol. The zero-order chi connectivity index (χ0) is 14.5. The third-order valence-electron chi connectivity index (χ3n) is 3.69. The number of aliphatic hydroxyl groups excluding tert-OH is 1. The van der Waals surface area contributed by atoms with Crippen LogP contribution in [0, 0.1) is 6.92 Å². The maximum atomic E-state index is 10.5. The average Bonchev–Trinajstić information content (AvgIpc) is 2.48. The molecule has 0 spiro atoms. The highest BCUT2D eigenvalue weighted by Crippen LogP contribution is 2.33. The van der Waals surface area contributed by atoms with E-state index in [1.807, 2.05) is 43.3 Å². The first-order chi connectivity index (χ1) is 9.61. The van der Waals surface area contributed by atoms with E-state index in [-0.39, 0.29) is 0 Å². The first kappa shape index (κ1) is 14.6. The molecule has 0 aliphatic heterocycles. The Labute approximate surface area is 121 Å². The molecule has 2 nitrogen and oxygen atoms in total. The molecule has 0 heterocycles. The zero-order valence-electron chi connectivity index (χ0n) is 12.3. The molecule has 20 heavy (non-hydrogen) atoms. The number of aliphatic hydroxyl groups is 1. The van der Waals surface area contributed by atoms with Gasteiger partial charge in [-0.25, -0.2) is 0 Å². The number of ether oxygens (including phenoxy) is 1. The summed E-state index contributed by atoms with van der Waals surface area (Å²) in [6.45, 7) is 4.16. The smallest absolute Gasteiger partial charge is 0.124 e. The Morgan fingerprint density at radius 3 is 2.45 bits per heavy atom. The Kier molecular flexibility index (Phi) is 4.80. The Balaban J connectivity index is 2.16. The Morgan fingerprint density at radius 2 is 1.80 bits per heavy atom. The summed E-state index contributed by atoms with van der Waals surface area (Å²) in [6, 6.07) is 16.2. The molecule has 2 heteroatoms. The Morgan fingerprint density at radius 1 is 1.10 bits per heavy atom. The molecular weight excluding hydrogens is 248 g/mol. The Hall–Kier alpha value is -1.80. The van der Waals surface area contributed by atoms with E-state index in [2.05, 4.69) is 19.1 Å². The minimum atomic E-state index is -0.514. The standard InChI is InChI=1S/C18H22O2/c1-13-9-10-18(20-3)16(11-13)17(19)12-14(2)15-7-5-4-6-8-15/h4-11,14,17,19H,12H2,1-3H3. The first-order valence-corrected chi connectivity index (χ1v) is 6.99. The van der Waals surface area contributed by atoms with Crippen LogP contribution >= 0.6 is 0 Å². The minimum Gasteiger partial charge on any atom is -0.496 e. The van der Waals surface area contributed by atoms with Crippen LogP contribution in [-0.4, -0.2) is 12.2 Å². The molecule has 0 aliphatic carbocycles. The van der Waals surface area contributed by atoms with Crippen LogP contribution in [0.5, 0.6) is 5.75 Å². The van der Waals surface area contributed by atoms with Crippen LogP contribution in [0.15, 0.2) is 48.5 Å². The predicted octanol–water partition coefficient (Wildman–Crippen LogP) is 4.23. The predicted molar refractivity (Wildman–Crippen MR) is 82.2 cm³/mol. The van der Waals surface area contributed by atoms with E-state index in [4.69, 9.17) is 4.74 Å². The van der Waals surface area contributed by atoms with E-state index in [0.29, 0.717) is 12.3 Å². The highest BCUT2D eigenvalue weighted by atomic mass is 16.5. The molecule has 0 aromatic heterocycles. The number of methoxy groups -OCH3 is 1. The number of benzene rings is 2. The van der Waals surface area contributed by atoms with Gasteiger partial charge in [-0.15, -0.1) is 0 Å². The summed E-state index contributed by atoms with van der Waals surface area (Å²) in [4.78, 5) is 0. The largest absolute Gasteiger partial charge is 0.496 e. The van der Waals surface area contributed by atoms with Gasteiger partial charge in [-0.3, -0.25) is 0 Å². The summed E-state index contributed by atoms with van der Waals surface area (Å²) in [5.41, 5.74) is 3.25. The number of hydrogen-bond acceptors (Lipinski definition) is 2. The zero-order valence-corrected chi connectivity index (χ0v) is 12.3. The van der Waals surface area contributed by atoms with Crippen molar-refractivity contribution in [3.63, 3.8) is 0 Å². The molecule has 2 aromatic rings. The van der Waals surface area contributed by atoms with Crippen LogP contribution in [0.3, 0.4) is 0 Å². The van der Waals surface area contributed by atoms with Crippen molar-refractivity contribution in [3.8, 4) is 5.75 Å². The summed E-state index contributed by atoms with van der Waals surface area (Å²) in [6.07, 6.45) is 0.171. The molecule has 2 rings (SSSR count). The van der Waals surface area contributed by atoms with Gasteiger partial charge in [0.1, 0.15) is 5.75 Å². The van der Waals surface area contributed by atoms with E-state index in [9.17, 15) is 5.11 Å². The summed E-state index contributed by atoms with van der Waals surface area (Å²) in [7, 11) is 1.64. The molecule has 106 valence electrons.